The van der Waals surface area contributed by atoms with Crippen molar-refractivity contribution < 1.29 is 0 Å². The summed E-state index contributed by atoms with van der Waals surface area (Å²) in [6, 6.07) is 5.88. The van der Waals surface area contributed by atoms with Crippen LogP contribution in [0, 0.1) is 6.92 Å². The number of nitrogens with two attached hydrogens (primary N) is 1. The molecule has 1 heterocycles. The predicted molar refractivity (Wildman–Crippen MR) is 60.8 cm³/mol. The highest BCUT2D eigenvalue weighted by atomic mass is 15.0. The van der Waals surface area contributed by atoms with Crippen LogP contribution in [0.4, 0.5) is 11.4 Å². The lowest BCUT2D eigenvalue weighted by Crippen LogP contribution is -2.09. The zero-order valence-corrected chi connectivity index (χ0v) is 8.38. The van der Waals surface area contributed by atoms with Gasteiger partial charge in [0.25, 0.3) is 0 Å². The first kappa shape index (κ1) is 9.06. The minimum atomic E-state index is 0.807. The van der Waals surface area contributed by atoms with E-state index in [0.717, 1.165) is 36.6 Å². The molecule has 0 bridgehead atoms. The molecule has 3 nitrogen and oxygen atoms in total. The van der Waals surface area contributed by atoms with Gasteiger partial charge in [0, 0.05) is 24.3 Å². The van der Waals surface area contributed by atoms with Crippen molar-refractivity contribution in [1.82, 2.24) is 0 Å². The Bertz CT molecular complexity index is 369. The highest BCUT2D eigenvalue weighted by molar-refractivity contribution is 5.97. The fourth-order valence-electron chi connectivity index (χ4n) is 1.62. The summed E-state index contributed by atoms with van der Waals surface area (Å²) < 4.78 is 0. The second-order valence-corrected chi connectivity index (χ2v) is 3.63. The van der Waals surface area contributed by atoms with Crippen LogP contribution in [0.3, 0.4) is 0 Å². The first-order valence-corrected chi connectivity index (χ1v) is 4.92. The SMILES string of the molecule is Cc1cc(N)ccc1NC1=NCCC1. The van der Waals surface area contributed by atoms with E-state index in [1.54, 1.807) is 0 Å². The van der Waals surface area contributed by atoms with Crippen molar-refractivity contribution in [2.75, 3.05) is 17.6 Å². The Balaban J connectivity index is 2.16. The number of aliphatic imine (C=N–C) groups is 1. The highest BCUT2D eigenvalue weighted by Gasteiger charge is 2.07. The molecule has 0 spiro atoms. The monoisotopic (exact) mass is 189 g/mol. The van der Waals surface area contributed by atoms with Crippen molar-refractivity contribution in [1.29, 1.82) is 0 Å². The molecule has 0 atom stereocenters. The van der Waals surface area contributed by atoms with Gasteiger partial charge < -0.3 is 11.1 Å². The van der Waals surface area contributed by atoms with Crippen LogP contribution in [0.25, 0.3) is 0 Å². The number of aryl methyl sites for hydroxylation is 1. The normalized spacial score (nSPS) is 15.4. The molecular weight excluding hydrogens is 174 g/mol. The molecule has 1 aliphatic rings. The summed E-state index contributed by atoms with van der Waals surface area (Å²) in [6.07, 6.45) is 2.22. The zero-order chi connectivity index (χ0) is 9.97. The molecule has 0 unspecified atom stereocenters. The molecule has 0 radical (unpaired) electrons. The zero-order valence-electron chi connectivity index (χ0n) is 8.38. The molecule has 0 saturated heterocycles. The quantitative estimate of drug-likeness (QED) is 0.665. The molecule has 0 fully saturated rings. The number of hydrogen-bond acceptors (Lipinski definition) is 3. The molecule has 0 amide bonds. The molecular formula is C11H15N3. The largest absolute Gasteiger partial charge is 0.399 e. The molecule has 0 aliphatic carbocycles. The van der Waals surface area contributed by atoms with Crippen molar-refractivity contribution in [2.24, 2.45) is 4.99 Å². The average molecular weight is 189 g/mol. The van der Waals surface area contributed by atoms with Gasteiger partial charge in [0.1, 0.15) is 5.84 Å². The maximum atomic E-state index is 5.68. The molecule has 3 heteroatoms. The lowest BCUT2D eigenvalue weighted by Gasteiger charge is -2.09. The second kappa shape index (κ2) is 3.70. The maximum absolute atomic E-state index is 5.68. The van der Waals surface area contributed by atoms with Gasteiger partial charge in [0.2, 0.25) is 0 Å². The van der Waals surface area contributed by atoms with Crippen molar-refractivity contribution >= 4 is 17.2 Å². The lowest BCUT2D eigenvalue weighted by molar-refractivity contribution is 0.951. The van der Waals surface area contributed by atoms with Gasteiger partial charge in [0.05, 0.1) is 0 Å². The lowest BCUT2D eigenvalue weighted by atomic mass is 10.2. The summed E-state index contributed by atoms with van der Waals surface area (Å²) in [4.78, 5) is 4.37. The Morgan fingerprint density at radius 2 is 2.29 bits per heavy atom. The van der Waals surface area contributed by atoms with E-state index in [0.29, 0.717) is 0 Å². The fraction of sp³-hybridized carbons (Fsp3) is 0.364. The highest BCUT2D eigenvalue weighted by Crippen LogP contribution is 2.19. The van der Waals surface area contributed by atoms with E-state index in [2.05, 4.69) is 10.3 Å². The van der Waals surface area contributed by atoms with Gasteiger partial charge in [-0.3, -0.25) is 4.99 Å². The van der Waals surface area contributed by atoms with Crippen LogP contribution in [0.1, 0.15) is 18.4 Å². The summed E-state index contributed by atoms with van der Waals surface area (Å²) >= 11 is 0. The Morgan fingerprint density at radius 1 is 1.43 bits per heavy atom. The van der Waals surface area contributed by atoms with E-state index in [4.69, 9.17) is 5.73 Å². The van der Waals surface area contributed by atoms with E-state index in [1.807, 2.05) is 25.1 Å². The molecule has 2 rings (SSSR count). The van der Waals surface area contributed by atoms with Crippen LogP contribution >= 0.6 is 0 Å². The molecule has 14 heavy (non-hydrogen) atoms. The number of anilines is 2. The van der Waals surface area contributed by atoms with E-state index in [-0.39, 0.29) is 0 Å². The van der Waals surface area contributed by atoms with Crippen LogP contribution in [0.15, 0.2) is 23.2 Å². The van der Waals surface area contributed by atoms with Gasteiger partial charge in [-0.25, -0.2) is 0 Å². The first-order chi connectivity index (χ1) is 6.75. The molecule has 1 aromatic carbocycles. The van der Waals surface area contributed by atoms with Gasteiger partial charge in [-0.2, -0.15) is 0 Å². The smallest absolute Gasteiger partial charge is 0.101 e. The van der Waals surface area contributed by atoms with Crippen LogP contribution in [0.5, 0.6) is 0 Å². The Kier molecular flexibility index (Phi) is 2.39. The molecule has 3 N–H and O–H groups in total. The molecule has 0 aromatic heterocycles. The standard InChI is InChI=1S/C11H15N3/c1-8-7-9(12)4-5-10(8)14-11-3-2-6-13-11/h4-5,7H,2-3,6,12H2,1H3,(H,13,14). The third-order valence-electron chi connectivity index (χ3n) is 2.40. The number of nitrogens with one attached hydrogen (secondary N) is 1. The summed E-state index contributed by atoms with van der Waals surface area (Å²) in [5.74, 6) is 1.10. The van der Waals surface area contributed by atoms with Crippen molar-refractivity contribution in [3.8, 4) is 0 Å². The number of benzene rings is 1. The summed E-state index contributed by atoms with van der Waals surface area (Å²) in [6.45, 7) is 3.00. The number of hydrogen-bond donors (Lipinski definition) is 2. The first-order valence-electron chi connectivity index (χ1n) is 4.92. The van der Waals surface area contributed by atoms with Crippen LogP contribution < -0.4 is 11.1 Å². The van der Waals surface area contributed by atoms with Crippen LogP contribution in [0.2, 0.25) is 0 Å². The molecule has 0 saturated carbocycles. The average Bonchev–Trinajstić information content (AvgIpc) is 2.62. The predicted octanol–water partition coefficient (Wildman–Crippen LogP) is 2.18. The molecule has 1 aromatic rings. The Labute approximate surface area is 84.0 Å². The topological polar surface area (TPSA) is 50.4 Å². The van der Waals surface area contributed by atoms with Gasteiger partial charge >= 0.3 is 0 Å². The van der Waals surface area contributed by atoms with Gasteiger partial charge in [-0.1, -0.05) is 0 Å². The van der Waals surface area contributed by atoms with E-state index >= 15 is 0 Å². The number of nitrogen functional groups attached to an aromatic ring is 1. The second-order valence-electron chi connectivity index (χ2n) is 3.63. The minimum absolute atomic E-state index is 0.807. The Hall–Kier alpha value is -1.51. The third kappa shape index (κ3) is 1.87. The fourth-order valence-corrected chi connectivity index (χ4v) is 1.62. The van der Waals surface area contributed by atoms with Crippen molar-refractivity contribution in [3.05, 3.63) is 23.8 Å². The third-order valence-corrected chi connectivity index (χ3v) is 2.40. The van der Waals surface area contributed by atoms with Crippen molar-refractivity contribution in [2.45, 2.75) is 19.8 Å². The van der Waals surface area contributed by atoms with E-state index in [9.17, 15) is 0 Å². The number of amidine groups is 1. The van der Waals surface area contributed by atoms with Gasteiger partial charge in [0.15, 0.2) is 0 Å². The minimum Gasteiger partial charge on any atom is -0.399 e. The van der Waals surface area contributed by atoms with Crippen LogP contribution in [-0.4, -0.2) is 12.4 Å². The molecule has 74 valence electrons. The van der Waals surface area contributed by atoms with Gasteiger partial charge in [-0.15, -0.1) is 0 Å². The summed E-state index contributed by atoms with van der Waals surface area (Å²) in [5.41, 5.74) is 8.76. The summed E-state index contributed by atoms with van der Waals surface area (Å²) in [5, 5.41) is 3.33. The van der Waals surface area contributed by atoms with E-state index in [1.165, 1.54) is 5.56 Å². The van der Waals surface area contributed by atoms with Crippen molar-refractivity contribution in [3.63, 3.8) is 0 Å². The number of nitrogens with zero attached hydrogens (tertiary/aromatic N) is 1. The molecule has 1 aliphatic heterocycles. The van der Waals surface area contributed by atoms with E-state index < -0.39 is 0 Å². The van der Waals surface area contributed by atoms with Crippen LogP contribution in [-0.2, 0) is 0 Å². The summed E-state index contributed by atoms with van der Waals surface area (Å²) in [7, 11) is 0. The maximum Gasteiger partial charge on any atom is 0.101 e. The number of rotatable bonds is 1. The Morgan fingerprint density at radius 3 is 2.93 bits per heavy atom. The van der Waals surface area contributed by atoms with Gasteiger partial charge in [-0.05, 0) is 37.1 Å².